The van der Waals surface area contributed by atoms with E-state index in [2.05, 4.69) is 5.32 Å². The van der Waals surface area contributed by atoms with E-state index in [1.807, 2.05) is 6.92 Å². The molecule has 0 bridgehead atoms. The van der Waals surface area contributed by atoms with Crippen molar-refractivity contribution in [3.8, 4) is 0 Å². The maximum Gasteiger partial charge on any atom is 0.240 e. The molecule has 2 unspecified atom stereocenters. The number of hydrogen-bond acceptors (Lipinski definition) is 4. The number of ether oxygens (including phenoxy) is 2. The van der Waals surface area contributed by atoms with Crippen molar-refractivity contribution in [3.63, 3.8) is 0 Å². The molecular formula is C13H25ClN2O3. The third-order valence-corrected chi connectivity index (χ3v) is 3.86. The van der Waals surface area contributed by atoms with Crippen molar-refractivity contribution in [2.45, 2.75) is 56.7 Å². The molecule has 2 heterocycles. The Hall–Kier alpha value is -0.360. The Morgan fingerprint density at radius 3 is 2.68 bits per heavy atom. The van der Waals surface area contributed by atoms with Gasteiger partial charge in [-0.3, -0.25) is 4.79 Å². The summed E-state index contributed by atoms with van der Waals surface area (Å²) in [4.78, 5) is 12.2. The summed E-state index contributed by atoms with van der Waals surface area (Å²) < 4.78 is 10.8. The smallest absolute Gasteiger partial charge is 0.240 e. The van der Waals surface area contributed by atoms with Gasteiger partial charge in [0.15, 0.2) is 0 Å². The minimum absolute atomic E-state index is 0. The molecule has 0 radical (unpaired) electrons. The van der Waals surface area contributed by atoms with Crippen LogP contribution in [0.1, 0.15) is 39.0 Å². The second kappa shape index (κ2) is 7.43. The Morgan fingerprint density at radius 1 is 1.42 bits per heavy atom. The number of rotatable bonds is 4. The first-order valence-electron chi connectivity index (χ1n) is 6.89. The molecule has 0 saturated carbocycles. The van der Waals surface area contributed by atoms with E-state index in [1.165, 1.54) is 0 Å². The second-order valence-corrected chi connectivity index (χ2v) is 5.51. The summed E-state index contributed by atoms with van der Waals surface area (Å²) in [5.74, 6) is -0.0451. The van der Waals surface area contributed by atoms with Gasteiger partial charge in [0, 0.05) is 25.9 Å². The maximum absolute atomic E-state index is 12.2. The molecule has 2 aliphatic heterocycles. The van der Waals surface area contributed by atoms with Gasteiger partial charge in [-0.25, -0.2) is 0 Å². The van der Waals surface area contributed by atoms with Crippen LogP contribution in [0.2, 0.25) is 0 Å². The van der Waals surface area contributed by atoms with Gasteiger partial charge in [0.25, 0.3) is 0 Å². The first-order valence-corrected chi connectivity index (χ1v) is 6.89. The number of carbonyl (C=O) groups excluding carboxylic acids is 1. The lowest BCUT2D eigenvalue weighted by molar-refractivity contribution is -0.130. The lowest BCUT2D eigenvalue weighted by Gasteiger charge is -2.33. The van der Waals surface area contributed by atoms with E-state index in [4.69, 9.17) is 15.2 Å². The molecule has 0 aromatic heterocycles. The van der Waals surface area contributed by atoms with Crippen LogP contribution in [0.15, 0.2) is 0 Å². The van der Waals surface area contributed by atoms with E-state index in [-0.39, 0.29) is 24.4 Å². The molecule has 1 amide bonds. The zero-order valence-electron chi connectivity index (χ0n) is 11.5. The summed E-state index contributed by atoms with van der Waals surface area (Å²) >= 11 is 0. The first kappa shape index (κ1) is 16.7. The standard InChI is InChI=1S/C13H24N2O3.ClH/c1-10(9-11-3-2-6-18-11)15-12(16)13(14)4-7-17-8-5-13;/h10-11H,2-9,14H2,1H3,(H,15,16);1H. The van der Waals surface area contributed by atoms with Crippen LogP contribution in [-0.2, 0) is 14.3 Å². The highest BCUT2D eigenvalue weighted by Crippen LogP contribution is 2.20. The van der Waals surface area contributed by atoms with E-state index in [0.717, 1.165) is 25.9 Å². The summed E-state index contributed by atoms with van der Waals surface area (Å²) in [7, 11) is 0. The monoisotopic (exact) mass is 292 g/mol. The zero-order valence-corrected chi connectivity index (χ0v) is 12.3. The van der Waals surface area contributed by atoms with Gasteiger partial charge >= 0.3 is 0 Å². The Labute approximate surface area is 121 Å². The molecule has 3 N–H and O–H groups in total. The van der Waals surface area contributed by atoms with Gasteiger partial charge in [-0.15, -0.1) is 12.4 Å². The first-order chi connectivity index (χ1) is 8.60. The quantitative estimate of drug-likeness (QED) is 0.810. The third-order valence-electron chi connectivity index (χ3n) is 3.86. The molecule has 5 nitrogen and oxygen atoms in total. The van der Waals surface area contributed by atoms with E-state index in [9.17, 15) is 4.79 Å². The lowest BCUT2D eigenvalue weighted by atomic mass is 9.90. The minimum Gasteiger partial charge on any atom is -0.381 e. The predicted octanol–water partition coefficient (Wildman–Crippen LogP) is 0.990. The van der Waals surface area contributed by atoms with Crippen LogP contribution in [0.25, 0.3) is 0 Å². The van der Waals surface area contributed by atoms with Crippen molar-refractivity contribution in [1.82, 2.24) is 5.32 Å². The summed E-state index contributed by atoms with van der Waals surface area (Å²) in [6.45, 7) is 4.01. The molecule has 2 aliphatic rings. The van der Waals surface area contributed by atoms with Crippen LogP contribution in [0.3, 0.4) is 0 Å². The highest BCUT2D eigenvalue weighted by molar-refractivity contribution is 5.86. The summed E-state index contributed by atoms with van der Waals surface area (Å²) in [5.41, 5.74) is 5.39. The van der Waals surface area contributed by atoms with Crippen LogP contribution < -0.4 is 11.1 Å². The molecule has 2 saturated heterocycles. The van der Waals surface area contributed by atoms with E-state index >= 15 is 0 Å². The van der Waals surface area contributed by atoms with Crippen molar-refractivity contribution >= 4 is 18.3 Å². The van der Waals surface area contributed by atoms with Crippen LogP contribution >= 0.6 is 12.4 Å². The number of nitrogens with one attached hydrogen (secondary N) is 1. The second-order valence-electron chi connectivity index (χ2n) is 5.51. The van der Waals surface area contributed by atoms with Gasteiger partial charge in [-0.2, -0.15) is 0 Å². The third kappa shape index (κ3) is 4.60. The fraction of sp³-hybridized carbons (Fsp3) is 0.923. The molecule has 6 heteroatoms. The van der Waals surface area contributed by atoms with Crippen LogP contribution in [-0.4, -0.2) is 43.4 Å². The molecule has 2 rings (SSSR count). The van der Waals surface area contributed by atoms with Crippen molar-refractivity contribution < 1.29 is 14.3 Å². The lowest BCUT2D eigenvalue weighted by Crippen LogP contribution is -2.58. The Bertz CT molecular complexity index is 290. The van der Waals surface area contributed by atoms with Gasteiger partial charge < -0.3 is 20.5 Å². The number of nitrogens with two attached hydrogens (primary N) is 1. The molecule has 2 atom stereocenters. The van der Waals surface area contributed by atoms with E-state index in [0.29, 0.717) is 32.2 Å². The summed E-state index contributed by atoms with van der Waals surface area (Å²) in [6, 6.07) is 0.115. The number of amides is 1. The number of halogens is 1. The summed E-state index contributed by atoms with van der Waals surface area (Å²) in [6.07, 6.45) is 4.60. The average Bonchev–Trinajstić information content (AvgIpc) is 2.82. The Kier molecular flexibility index (Phi) is 6.53. The molecular weight excluding hydrogens is 268 g/mol. The molecule has 0 aromatic rings. The van der Waals surface area contributed by atoms with Gasteiger partial charge in [0.2, 0.25) is 5.91 Å². The fourth-order valence-electron chi connectivity index (χ4n) is 2.61. The Balaban J connectivity index is 0.00000180. The normalized spacial score (nSPS) is 27.4. The van der Waals surface area contributed by atoms with Crippen molar-refractivity contribution in [3.05, 3.63) is 0 Å². The van der Waals surface area contributed by atoms with Gasteiger partial charge in [0.1, 0.15) is 0 Å². The fourth-order valence-corrected chi connectivity index (χ4v) is 2.61. The highest BCUT2D eigenvalue weighted by Gasteiger charge is 2.36. The number of hydrogen-bond donors (Lipinski definition) is 2. The van der Waals surface area contributed by atoms with Crippen LogP contribution in [0.4, 0.5) is 0 Å². The molecule has 112 valence electrons. The SMILES string of the molecule is CC(CC1CCCO1)NC(=O)C1(N)CCOCC1.Cl. The van der Waals surface area contributed by atoms with Gasteiger partial charge in [-0.1, -0.05) is 0 Å². The molecule has 2 fully saturated rings. The molecule has 19 heavy (non-hydrogen) atoms. The van der Waals surface area contributed by atoms with E-state index < -0.39 is 5.54 Å². The van der Waals surface area contributed by atoms with E-state index in [1.54, 1.807) is 0 Å². The van der Waals surface area contributed by atoms with Crippen molar-refractivity contribution in [1.29, 1.82) is 0 Å². The van der Waals surface area contributed by atoms with Crippen LogP contribution in [0.5, 0.6) is 0 Å². The Morgan fingerprint density at radius 2 is 2.11 bits per heavy atom. The largest absolute Gasteiger partial charge is 0.381 e. The summed E-state index contributed by atoms with van der Waals surface area (Å²) in [5, 5.41) is 3.02. The predicted molar refractivity (Wildman–Crippen MR) is 75.4 cm³/mol. The van der Waals surface area contributed by atoms with Crippen LogP contribution in [0, 0.1) is 0 Å². The number of carbonyl (C=O) groups is 1. The molecule has 0 aliphatic carbocycles. The topological polar surface area (TPSA) is 73.6 Å². The van der Waals surface area contributed by atoms with Crippen molar-refractivity contribution in [2.75, 3.05) is 19.8 Å². The zero-order chi connectivity index (χ0) is 13.0. The minimum atomic E-state index is -0.747. The molecule has 0 spiro atoms. The molecule has 0 aromatic carbocycles. The van der Waals surface area contributed by atoms with Gasteiger partial charge in [-0.05, 0) is 39.0 Å². The van der Waals surface area contributed by atoms with Crippen molar-refractivity contribution in [2.24, 2.45) is 5.73 Å². The van der Waals surface area contributed by atoms with Gasteiger partial charge in [0.05, 0.1) is 11.6 Å². The maximum atomic E-state index is 12.2. The highest BCUT2D eigenvalue weighted by atomic mass is 35.5. The average molecular weight is 293 g/mol.